The molecule has 0 bridgehead atoms. The van der Waals surface area contributed by atoms with E-state index >= 15 is 0 Å². The number of rotatable bonds is 6. The van der Waals surface area contributed by atoms with E-state index in [1.165, 1.54) is 43.5 Å². The van der Waals surface area contributed by atoms with Gasteiger partial charge in [0.15, 0.2) is 0 Å². The minimum atomic E-state index is -0.0164. The Balaban J connectivity index is 1.53. The predicted octanol–water partition coefficient (Wildman–Crippen LogP) is 5.12. The van der Waals surface area contributed by atoms with Crippen molar-refractivity contribution in [3.8, 4) is 11.3 Å². The van der Waals surface area contributed by atoms with Gasteiger partial charge in [-0.25, -0.2) is 4.98 Å². The standard InChI is InChI=1S/C26H31N3O/c1-19-11-12-21(17-20(19)2)25-18-23(22-9-4-5-10-24(22)28-25)26(30)27-13-8-16-29-14-6-3-7-15-29/h4-5,9-12,17-18H,3,6-8,13-16H2,1-2H3,(H,27,30). The molecule has 0 unspecified atom stereocenters. The summed E-state index contributed by atoms with van der Waals surface area (Å²) in [4.78, 5) is 20.4. The van der Waals surface area contributed by atoms with Crippen LogP contribution in [0.2, 0.25) is 0 Å². The van der Waals surface area contributed by atoms with E-state index in [2.05, 4.69) is 42.3 Å². The van der Waals surface area contributed by atoms with Crippen LogP contribution in [0.5, 0.6) is 0 Å². The molecule has 3 aromatic rings. The highest BCUT2D eigenvalue weighted by Crippen LogP contribution is 2.26. The second-order valence-corrected chi connectivity index (χ2v) is 8.38. The number of aryl methyl sites for hydroxylation is 2. The van der Waals surface area contributed by atoms with Gasteiger partial charge in [0.05, 0.1) is 16.8 Å². The molecule has 1 aliphatic heterocycles. The number of hydrogen-bond acceptors (Lipinski definition) is 3. The molecule has 1 amide bonds. The van der Waals surface area contributed by atoms with Crippen molar-refractivity contribution in [3.63, 3.8) is 0 Å². The summed E-state index contributed by atoms with van der Waals surface area (Å²) >= 11 is 0. The van der Waals surface area contributed by atoms with E-state index in [0.29, 0.717) is 12.1 Å². The summed E-state index contributed by atoms with van der Waals surface area (Å²) in [5.74, 6) is -0.0164. The average molecular weight is 402 g/mol. The van der Waals surface area contributed by atoms with Crippen LogP contribution in [0.1, 0.15) is 47.2 Å². The number of nitrogens with one attached hydrogen (secondary N) is 1. The molecule has 0 radical (unpaired) electrons. The number of aromatic nitrogens is 1. The first-order valence-electron chi connectivity index (χ1n) is 11.1. The van der Waals surface area contributed by atoms with Crippen LogP contribution in [0.3, 0.4) is 0 Å². The number of carbonyl (C=O) groups is 1. The maximum absolute atomic E-state index is 13.1. The van der Waals surface area contributed by atoms with Crippen molar-refractivity contribution in [2.45, 2.75) is 39.5 Å². The van der Waals surface area contributed by atoms with Gasteiger partial charge in [-0.1, -0.05) is 36.8 Å². The Morgan fingerprint density at radius 2 is 1.80 bits per heavy atom. The van der Waals surface area contributed by atoms with Crippen molar-refractivity contribution in [1.82, 2.24) is 15.2 Å². The third kappa shape index (κ3) is 4.71. The summed E-state index contributed by atoms with van der Waals surface area (Å²) in [6.07, 6.45) is 4.94. The number of amides is 1. The summed E-state index contributed by atoms with van der Waals surface area (Å²) in [5, 5.41) is 4.04. The Bertz CT molecular complexity index is 1040. The molecule has 4 nitrogen and oxygen atoms in total. The second kappa shape index (κ2) is 9.40. The van der Waals surface area contributed by atoms with Crippen molar-refractivity contribution in [3.05, 3.63) is 65.2 Å². The molecule has 4 heteroatoms. The first-order chi connectivity index (χ1) is 14.6. The lowest BCUT2D eigenvalue weighted by Crippen LogP contribution is -2.33. The van der Waals surface area contributed by atoms with Crippen LogP contribution >= 0.6 is 0 Å². The number of hydrogen-bond donors (Lipinski definition) is 1. The number of piperidine rings is 1. The van der Waals surface area contributed by atoms with Crippen LogP contribution < -0.4 is 5.32 Å². The third-order valence-corrected chi connectivity index (χ3v) is 6.15. The molecule has 2 aromatic carbocycles. The lowest BCUT2D eigenvalue weighted by molar-refractivity contribution is 0.0952. The normalized spacial score (nSPS) is 14.7. The number of benzene rings is 2. The minimum absolute atomic E-state index is 0.0164. The molecule has 1 saturated heterocycles. The predicted molar refractivity (Wildman–Crippen MR) is 124 cm³/mol. The molecule has 2 heterocycles. The van der Waals surface area contributed by atoms with E-state index in [-0.39, 0.29) is 5.91 Å². The Kier molecular flexibility index (Phi) is 6.44. The van der Waals surface area contributed by atoms with E-state index in [1.807, 2.05) is 30.3 Å². The van der Waals surface area contributed by atoms with Crippen molar-refractivity contribution >= 4 is 16.8 Å². The number of para-hydroxylation sites is 1. The molecule has 30 heavy (non-hydrogen) atoms. The number of likely N-dealkylation sites (tertiary alicyclic amines) is 1. The van der Waals surface area contributed by atoms with Crippen LogP contribution in [0.25, 0.3) is 22.2 Å². The van der Waals surface area contributed by atoms with E-state index < -0.39 is 0 Å². The van der Waals surface area contributed by atoms with E-state index in [4.69, 9.17) is 4.98 Å². The monoisotopic (exact) mass is 401 g/mol. The molecule has 1 N–H and O–H groups in total. The highest BCUT2D eigenvalue weighted by atomic mass is 16.1. The van der Waals surface area contributed by atoms with Gasteiger partial charge in [-0.3, -0.25) is 4.79 Å². The Hall–Kier alpha value is -2.72. The van der Waals surface area contributed by atoms with Gasteiger partial charge >= 0.3 is 0 Å². The molecule has 156 valence electrons. The van der Waals surface area contributed by atoms with Gasteiger partial charge in [-0.05, 0) is 82.1 Å². The van der Waals surface area contributed by atoms with E-state index in [1.54, 1.807) is 0 Å². The highest BCUT2D eigenvalue weighted by molar-refractivity contribution is 6.07. The zero-order valence-electron chi connectivity index (χ0n) is 18.1. The molecule has 0 aliphatic carbocycles. The van der Waals surface area contributed by atoms with Gasteiger partial charge in [0.25, 0.3) is 5.91 Å². The Morgan fingerprint density at radius 1 is 1.00 bits per heavy atom. The van der Waals surface area contributed by atoms with Crippen molar-refractivity contribution < 1.29 is 4.79 Å². The topological polar surface area (TPSA) is 45.2 Å². The summed E-state index contributed by atoms with van der Waals surface area (Å²) < 4.78 is 0. The van der Waals surface area contributed by atoms with Crippen molar-refractivity contribution in [1.29, 1.82) is 0 Å². The lowest BCUT2D eigenvalue weighted by atomic mass is 10.0. The van der Waals surface area contributed by atoms with Crippen LogP contribution in [-0.4, -0.2) is 42.0 Å². The number of carbonyl (C=O) groups excluding carboxylic acids is 1. The maximum Gasteiger partial charge on any atom is 0.252 e. The SMILES string of the molecule is Cc1ccc(-c2cc(C(=O)NCCCN3CCCCC3)c3ccccc3n2)cc1C. The van der Waals surface area contributed by atoms with Gasteiger partial charge < -0.3 is 10.2 Å². The second-order valence-electron chi connectivity index (χ2n) is 8.38. The van der Waals surface area contributed by atoms with Crippen molar-refractivity contribution in [2.24, 2.45) is 0 Å². The van der Waals surface area contributed by atoms with Gasteiger partial charge in [0.2, 0.25) is 0 Å². The number of nitrogens with zero attached hydrogens (tertiary/aromatic N) is 2. The molecular formula is C26H31N3O. The maximum atomic E-state index is 13.1. The molecule has 1 aliphatic rings. The summed E-state index contributed by atoms with van der Waals surface area (Å²) in [7, 11) is 0. The van der Waals surface area contributed by atoms with Crippen LogP contribution in [-0.2, 0) is 0 Å². The quantitative estimate of drug-likeness (QED) is 0.583. The highest BCUT2D eigenvalue weighted by Gasteiger charge is 2.15. The fraction of sp³-hybridized carbons (Fsp3) is 0.385. The zero-order chi connectivity index (χ0) is 20.9. The average Bonchev–Trinajstić information content (AvgIpc) is 2.78. The van der Waals surface area contributed by atoms with Crippen LogP contribution in [0, 0.1) is 13.8 Å². The molecule has 1 aromatic heterocycles. The van der Waals surface area contributed by atoms with Crippen molar-refractivity contribution in [2.75, 3.05) is 26.2 Å². The molecule has 4 rings (SSSR count). The van der Waals surface area contributed by atoms with Gasteiger partial charge in [-0.2, -0.15) is 0 Å². The summed E-state index contributed by atoms with van der Waals surface area (Å²) in [5.41, 5.74) is 5.93. The Labute approximate surface area is 179 Å². The molecule has 0 atom stereocenters. The van der Waals surface area contributed by atoms with Gasteiger partial charge in [-0.15, -0.1) is 0 Å². The fourth-order valence-electron chi connectivity index (χ4n) is 4.19. The molecular weight excluding hydrogens is 370 g/mol. The lowest BCUT2D eigenvalue weighted by Gasteiger charge is -2.26. The number of fused-ring (bicyclic) bond motifs is 1. The van der Waals surface area contributed by atoms with Gasteiger partial charge in [0, 0.05) is 17.5 Å². The zero-order valence-corrected chi connectivity index (χ0v) is 18.1. The molecule has 0 saturated carbocycles. The van der Waals surface area contributed by atoms with Crippen LogP contribution in [0.15, 0.2) is 48.5 Å². The Morgan fingerprint density at radius 3 is 2.60 bits per heavy atom. The van der Waals surface area contributed by atoms with Crippen LogP contribution in [0.4, 0.5) is 0 Å². The molecule has 1 fully saturated rings. The first-order valence-corrected chi connectivity index (χ1v) is 11.1. The van der Waals surface area contributed by atoms with E-state index in [0.717, 1.165) is 35.1 Å². The fourth-order valence-corrected chi connectivity index (χ4v) is 4.19. The minimum Gasteiger partial charge on any atom is -0.352 e. The van der Waals surface area contributed by atoms with E-state index in [9.17, 15) is 4.79 Å². The summed E-state index contributed by atoms with van der Waals surface area (Å²) in [6.45, 7) is 8.37. The largest absolute Gasteiger partial charge is 0.352 e. The smallest absolute Gasteiger partial charge is 0.252 e. The third-order valence-electron chi connectivity index (χ3n) is 6.15. The first kappa shape index (κ1) is 20.5. The molecule has 0 spiro atoms. The van der Waals surface area contributed by atoms with Gasteiger partial charge in [0.1, 0.15) is 0 Å². The summed E-state index contributed by atoms with van der Waals surface area (Å²) in [6, 6.07) is 16.2. The number of pyridine rings is 1.